The van der Waals surface area contributed by atoms with Gasteiger partial charge in [-0.05, 0) is 43.0 Å². The van der Waals surface area contributed by atoms with E-state index in [9.17, 15) is 0 Å². The molecule has 1 heterocycles. The number of hydrogen-bond donors (Lipinski definition) is 1. The minimum Gasteiger partial charge on any atom is -0.329 e. The summed E-state index contributed by atoms with van der Waals surface area (Å²) in [6.07, 6.45) is 3.84. The summed E-state index contributed by atoms with van der Waals surface area (Å²) >= 11 is 5.91. The second-order valence-electron chi connectivity index (χ2n) is 5.29. The minimum absolute atomic E-state index is 0.541. The van der Waals surface area contributed by atoms with E-state index in [2.05, 4.69) is 24.0 Å². The Morgan fingerprint density at radius 1 is 1.33 bits per heavy atom. The number of nitrogens with two attached hydrogens (primary N) is 1. The first kappa shape index (κ1) is 13.9. The fourth-order valence-corrected chi connectivity index (χ4v) is 2.96. The third-order valence-electron chi connectivity index (χ3n) is 4.09. The van der Waals surface area contributed by atoms with Crippen LogP contribution in [0.15, 0.2) is 24.3 Å². The summed E-state index contributed by atoms with van der Waals surface area (Å²) in [5.74, 6) is 0.861. The molecule has 0 aliphatic carbocycles. The predicted molar refractivity (Wildman–Crippen MR) is 77.7 cm³/mol. The number of hydrogen-bond acceptors (Lipinski definition) is 2. The lowest BCUT2D eigenvalue weighted by Crippen LogP contribution is -2.45. The van der Waals surface area contributed by atoms with Gasteiger partial charge in [-0.1, -0.05) is 37.1 Å². The van der Waals surface area contributed by atoms with Crippen molar-refractivity contribution < 1.29 is 0 Å². The average Bonchev–Trinajstić information content (AvgIpc) is 2.41. The van der Waals surface area contributed by atoms with Gasteiger partial charge in [-0.3, -0.25) is 4.90 Å². The molecule has 1 aliphatic heterocycles. The lowest BCUT2D eigenvalue weighted by Gasteiger charge is -2.38. The van der Waals surface area contributed by atoms with Crippen molar-refractivity contribution in [2.75, 3.05) is 13.1 Å². The highest BCUT2D eigenvalue weighted by Crippen LogP contribution is 2.26. The van der Waals surface area contributed by atoms with Crippen LogP contribution in [0.2, 0.25) is 5.02 Å². The van der Waals surface area contributed by atoms with Crippen molar-refractivity contribution in [1.82, 2.24) is 4.90 Å². The molecule has 2 nitrogen and oxygen atoms in total. The van der Waals surface area contributed by atoms with Crippen LogP contribution >= 0.6 is 11.6 Å². The zero-order chi connectivity index (χ0) is 13.0. The van der Waals surface area contributed by atoms with Crippen molar-refractivity contribution in [2.24, 2.45) is 11.7 Å². The lowest BCUT2D eigenvalue weighted by atomic mass is 9.88. The third kappa shape index (κ3) is 3.47. The quantitative estimate of drug-likeness (QED) is 0.906. The summed E-state index contributed by atoms with van der Waals surface area (Å²) in [5.41, 5.74) is 7.25. The number of likely N-dealkylation sites (tertiary alicyclic amines) is 1. The second-order valence-corrected chi connectivity index (χ2v) is 5.72. The van der Waals surface area contributed by atoms with E-state index in [1.165, 1.54) is 31.4 Å². The van der Waals surface area contributed by atoms with E-state index in [-0.39, 0.29) is 0 Å². The normalized spacial score (nSPS) is 25.3. The van der Waals surface area contributed by atoms with E-state index >= 15 is 0 Å². The number of nitrogens with zero attached hydrogens (tertiary/aromatic N) is 1. The molecule has 1 fully saturated rings. The highest BCUT2D eigenvalue weighted by molar-refractivity contribution is 6.30. The van der Waals surface area contributed by atoms with E-state index in [1.807, 2.05) is 12.1 Å². The van der Waals surface area contributed by atoms with Crippen LogP contribution in [0, 0.1) is 5.92 Å². The molecule has 1 aromatic rings. The number of halogens is 1. The lowest BCUT2D eigenvalue weighted by molar-refractivity contribution is 0.107. The maximum absolute atomic E-state index is 5.93. The van der Waals surface area contributed by atoms with Gasteiger partial charge in [0, 0.05) is 24.2 Å². The summed E-state index contributed by atoms with van der Waals surface area (Å²) < 4.78 is 0. The fourth-order valence-electron chi connectivity index (χ4n) is 2.83. The van der Waals surface area contributed by atoms with Gasteiger partial charge in [0.1, 0.15) is 0 Å². The van der Waals surface area contributed by atoms with Gasteiger partial charge in [-0.15, -0.1) is 0 Å². The average molecular weight is 267 g/mol. The molecule has 2 N–H and O–H groups in total. The SMILES string of the molecule is CCC1CCN(Cc2ccc(Cl)cc2)C(CN)C1. The molecule has 3 heteroatoms. The van der Waals surface area contributed by atoms with E-state index < -0.39 is 0 Å². The molecule has 1 aromatic carbocycles. The minimum atomic E-state index is 0.541. The Bertz CT molecular complexity index is 363. The van der Waals surface area contributed by atoms with Crippen molar-refractivity contribution in [3.05, 3.63) is 34.9 Å². The summed E-state index contributed by atoms with van der Waals surface area (Å²) in [6, 6.07) is 8.70. The maximum Gasteiger partial charge on any atom is 0.0406 e. The van der Waals surface area contributed by atoms with Crippen molar-refractivity contribution in [3.63, 3.8) is 0 Å². The molecule has 0 saturated carbocycles. The molecule has 100 valence electrons. The van der Waals surface area contributed by atoms with Gasteiger partial charge in [-0.25, -0.2) is 0 Å². The molecule has 0 bridgehead atoms. The van der Waals surface area contributed by atoms with Crippen LogP contribution in [0.3, 0.4) is 0 Å². The second kappa shape index (κ2) is 6.55. The summed E-state index contributed by atoms with van der Waals surface area (Å²) in [4.78, 5) is 2.52. The Kier molecular flexibility index (Phi) is 5.04. The molecule has 1 saturated heterocycles. The van der Waals surface area contributed by atoms with Gasteiger partial charge >= 0.3 is 0 Å². The van der Waals surface area contributed by atoms with Crippen molar-refractivity contribution in [3.8, 4) is 0 Å². The summed E-state index contributed by atoms with van der Waals surface area (Å²) in [5, 5.41) is 0.804. The van der Waals surface area contributed by atoms with E-state index in [4.69, 9.17) is 17.3 Å². The predicted octanol–water partition coefficient (Wildman–Crippen LogP) is 3.29. The van der Waals surface area contributed by atoms with E-state index in [0.717, 1.165) is 24.0 Å². The van der Waals surface area contributed by atoms with Gasteiger partial charge in [0.2, 0.25) is 0 Å². The molecule has 0 radical (unpaired) electrons. The van der Waals surface area contributed by atoms with Crippen molar-refractivity contribution in [2.45, 2.75) is 38.8 Å². The third-order valence-corrected chi connectivity index (χ3v) is 4.35. The first-order valence-corrected chi connectivity index (χ1v) is 7.29. The van der Waals surface area contributed by atoms with Gasteiger partial charge in [0.15, 0.2) is 0 Å². The van der Waals surface area contributed by atoms with Crippen LogP contribution in [0.1, 0.15) is 31.7 Å². The molecule has 2 unspecified atom stereocenters. The summed E-state index contributed by atoms with van der Waals surface area (Å²) in [7, 11) is 0. The number of piperidine rings is 1. The largest absolute Gasteiger partial charge is 0.329 e. The molecule has 0 aromatic heterocycles. The van der Waals surface area contributed by atoms with E-state index in [0.29, 0.717) is 6.04 Å². The Morgan fingerprint density at radius 2 is 2.06 bits per heavy atom. The highest BCUT2D eigenvalue weighted by Gasteiger charge is 2.26. The number of benzene rings is 1. The Hall–Kier alpha value is -0.570. The van der Waals surface area contributed by atoms with Crippen molar-refractivity contribution >= 4 is 11.6 Å². The molecule has 2 atom stereocenters. The van der Waals surface area contributed by atoms with Crippen LogP contribution in [0.4, 0.5) is 0 Å². The highest BCUT2D eigenvalue weighted by atomic mass is 35.5. The van der Waals surface area contributed by atoms with Gasteiger partial charge < -0.3 is 5.73 Å². The topological polar surface area (TPSA) is 29.3 Å². The maximum atomic E-state index is 5.93. The van der Waals surface area contributed by atoms with E-state index in [1.54, 1.807) is 0 Å². The molecule has 18 heavy (non-hydrogen) atoms. The van der Waals surface area contributed by atoms with Crippen LogP contribution in [-0.4, -0.2) is 24.0 Å². The van der Waals surface area contributed by atoms with Crippen LogP contribution < -0.4 is 5.73 Å². The molecular formula is C15H23ClN2. The van der Waals surface area contributed by atoms with Gasteiger partial charge in [0.05, 0.1) is 0 Å². The van der Waals surface area contributed by atoms with Gasteiger partial charge in [0.25, 0.3) is 0 Å². The number of rotatable bonds is 4. The first-order valence-electron chi connectivity index (χ1n) is 6.91. The summed E-state index contributed by atoms with van der Waals surface area (Å²) in [6.45, 7) is 5.22. The molecule has 1 aliphatic rings. The Morgan fingerprint density at radius 3 is 2.67 bits per heavy atom. The molecule has 2 rings (SSSR count). The Balaban J connectivity index is 1.97. The fraction of sp³-hybridized carbons (Fsp3) is 0.600. The zero-order valence-corrected chi connectivity index (χ0v) is 11.9. The van der Waals surface area contributed by atoms with Crippen LogP contribution in [-0.2, 0) is 6.54 Å². The van der Waals surface area contributed by atoms with Gasteiger partial charge in [-0.2, -0.15) is 0 Å². The molecule has 0 spiro atoms. The molecule has 0 amide bonds. The van der Waals surface area contributed by atoms with Crippen molar-refractivity contribution in [1.29, 1.82) is 0 Å². The van der Waals surface area contributed by atoms with Crippen LogP contribution in [0.25, 0.3) is 0 Å². The van der Waals surface area contributed by atoms with Crippen LogP contribution in [0.5, 0.6) is 0 Å². The molecular weight excluding hydrogens is 244 g/mol. The first-order chi connectivity index (χ1) is 8.72. The Labute approximate surface area is 115 Å². The monoisotopic (exact) mass is 266 g/mol. The smallest absolute Gasteiger partial charge is 0.0406 e. The standard InChI is InChI=1S/C15H23ClN2/c1-2-12-7-8-18(15(9-12)10-17)11-13-3-5-14(16)6-4-13/h3-6,12,15H,2,7-11,17H2,1H3. The zero-order valence-electron chi connectivity index (χ0n) is 11.1.